The Morgan fingerprint density at radius 1 is 1.38 bits per heavy atom. The van der Waals surface area contributed by atoms with E-state index in [1.807, 2.05) is 6.07 Å². The molecule has 114 valence electrons. The molecule has 0 spiro atoms. The number of benzene rings is 1. The molecule has 0 saturated heterocycles. The van der Waals surface area contributed by atoms with Crippen molar-refractivity contribution in [2.24, 2.45) is 23.0 Å². The third-order valence-corrected chi connectivity index (χ3v) is 6.18. The summed E-state index contributed by atoms with van der Waals surface area (Å²) in [6.45, 7) is 6.96. The molecule has 0 heterocycles. The van der Waals surface area contributed by atoms with Crippen molar-refractivity contribution in [1.29, 1.82) is 0 Å². The molecule has 3 N–H and O–H groups in total. The number of amides is 1. The Morgan fingerprint density at radius 3 is 2.76 bits per heavy atom. The van der Waals surface area contributed by atoms with E-state index in [1.54, 1.807) is 6.07 Å². The summed E-state index contributed by atoms with van der Waals surface area (Å²) in [5, 5.41) is 10.6. The van der Waals surface area contributed by atoms with Gasteiger partial charge in [0.2, 0.25) is 0 Å². The zero-order chi connectivity index (χ0) is 15.4. The van der Waals surface area contributed by atoms with Crippen LogP contribution >= 0.6 is 0 Å². The Hall–Kier alpha value is -1.51. The largest absolute Gasteiger partial charge is 0.507 e. The topological polar surface area (TPSA) is 63.3 Å². The lowest BCUT2D eigenvalue weighted by atomic mass is 9.53. The van der Waals surface area contributed by atoms with E-state index in [9.17, 15) is 9.90 Å². The van der Waals surface area contributed by atoms with E-state index >= 15 is 0 Å². The molecule has 0 radical (unpaired) electrons. The Morgan fingerprint density at radius 2 is 2.10 bits per heavy atom. The van der Waals surface area contributed by atoms with E-state index in [1.165, 1.54) is 18.4 Å². The van der Waals surface area contributed by atoms with Gasteiger partial charge in [-0.25, -0.2) is 0 Å². The van der Waals surface area contributed by atoms with Crippen molar-refractivity contribution in [2.45, 2.75) is 52.4 Å². The van der Waals surface area contributed by atoms with E-state index in [4.69, 9.17) is 5.73 Å². The lowest BCUT2D eigenvalue weighted by Crippen LogP contribution is -2.42. The summed E-state index contributed by atoms with van der Waals surface area (Å²) in [5.74, 6) is 1.19. The first-order valence-corrected chi connectivity index (χ1v) is 7.99. The van der Waals surface area contributed by atoms with Crippen LogP contribution in [0.25, 0.3) is 0 Å². The standard InChI is InChI=1S/C18H25NO2/c1-10-6-7-18(3)11(2)9-12-4-5-13(17(19)21)16(20)15(12)14(18)8-10/h4-5,10-11,14,20H,6-9H2,1-3H3,(H2,19,21). The summed E-state index contributed by atoms with van der Waals surface area (Å²) in [7, 11) is 0. The highest BCUT2D eigenvalue weighted by Crippen LogP contribution is 2.59. The van der Waals surface area contributed by atoms with Crippen LogP contribution < -0.4 is 5.73 Å². The minimum absolute atomic E-state index is 0.136. The first kappa shape index (κ1) is 14.4. The van der Waals surface area contributed by atoms with E-state index in [0.717, 1.165) is 18.4 Å². The molecule has 1 aromatic rings. The third kappa shape index (κ3) is 2.05. The average molecular weight is 287 g/mol. The van der Waals surface area contributed by atoms with Gasteiger partial charge >= 0.3 is 0 Å². The average Bonchev–Trinajstić information content (AvgIpc) is 2.41. The number of fused-ring (bicyclic) bond motifs is 3. The molecule has 21 heavy (non-hydrogen) atoms. The summed E-state index contributed by atoms with van der Waals surface area (Å²) in [6.07, 6.45) is 4.51. The molecule has 2 aliphatic rings. The van der Waals surface area contributed by atoms with Crippen LogP contribution in [0, 0.1) is 17.3 Å². The zero-order valence-corrected chi connectivity index (χ0v) is 13.1. The van der Waals surface area contributed by atoms with Crippen LogP contribution in [0.5, 0.6) is 5.75 Å². The second kappa shape index (κ2) is 4.75. The van der Waals surface area contributed by atoms with Gasteiger partial charge in [0.05, 0.1) is 5.56 Å². The van der Waals surface area contributed by atoms with Gasteiger partial charge in [0.15, 0.2) is 0 Å². The normalized spacial score (nSPS) is 34.9. The van der Waals surface area contributed by atoms with Gasteiger partial charge in [0, 0.05) is 5.56 Å². The van der Waals surface area contributed by atoms with E-state index in [0.29, 0.717) is 17.8 Å². The highest BCUT2D eigenvalue weighted by molar-refractivity contribution is 5.96. The molecule has 3 nitrogen and oxygen atoms in total. The van der Waals surface area contributed by atoms with Crippen molar-refractivity contribution in [3.05, 3.63) is 28.8 Å². The Bertz CT molecular complexity index is 595. The number of aromatic hydroxyl groups is 1. The predicted molar refractivity (Wildman–Crippen MR) is 83.4 cm³/mol. The third-order valence-electron chi connectivity index (χ3n) is 6.18. The first-order chi connectivity index (χ1) is 9.84. The van der Waals surface area contributed by atoms with Gasteiger partial charge in [-0.05, 0) is 54.1 Å². The Labute approximate surface area is 126 Å². The highest BCUT2D eigenvalue weighted by Gasteiger charge is 2.48. The van der Waals surface area contributed by atoms with Crippen molar-refractivity contribution in [2.75, 3.05) is 0 Å². The molecular formula is C18H25NO2. The van der Waals surface area contributed by atoms with Gasteiger partial charge in [-0.15, -0.1) is 0 Å². The molecule has 1 aromatic carbocycles. The fourth-order valence-corrected chi connectivity index (χ4v) is 4.54. The van der Waals surface area contributed by atoms with Crippen LogP contribution in [0.4, 0.5) is 0 Å². The van der Waals surface area contributed by atoms with Gasteiger partial charge in [0.25, 0.3) is 5.91 Å². The highest BCUT2D eigenvalue weighted by atomic mass is 16.3. The van der Waals surface area contributed by atoms with E-state index in [-0.39, 0.29) is 16.7 Å². The molecule has 3 rings (SSSR count). The molecule has 3 heteroatoms. The minimum atomic E-state index is -0.542. The summed E-state index contributed by atoms with van der Waals surface area (Å²) < 4.78 is 0. The number of rotatable bonds is 1. The summed E-state index contributed by atoms with van der Waals surface area (Å²) in [4.78, 5) is 11.5. The van der Waals surface area contributed by atoms with Gasteiger partial charge in [0.1, 0.15) is 5.75 Å². The number of carbonyl (C=O) groups excluding carboxylic acids is 1. The fraction of sp³-hybridized carbons (Fsp3) is 0.611. The van der Waals surface area contributed by atoms with Crippen LogP contribution in [-0.2, 0) is 6.42 Å². The molecule has 0 aromatic heterocycles. The minimum Gasteiger partial charge on any atom is -0.507 e. The van der Waals surface area contributed by atoms with E-state index < -0.39 is 5.91 Å². The maximum atomic E-state index is 11.5. The van der Waals surface area contributed by atoms with Gasteiger partial charge < -0.3 is 10.8 Å². The van der Waals surface area contributed by atoms with Crippen molar-refractivity contribution < 1.29 is 9.90 Å². The summed E-state index contributed by atoms with van der Waals surface area (Å²) in [6, 6.07) is 3.67. The number of primary amides is 1. The number of nitrogens with two attached hydrogens (primary N) is 1. The molecule has 2 aliphatic carbocycles. The van der Waals surface area contributed by atoms with Gasteiger partial charge in [-0.3, -0.25) is 4.79 Å². The summed E-state index contributed by atoms with van der Waals surface area (Å²) >= 11 is 0. The number of hydrogen-bond acceptors (Lipinski definition) is 2. The lowest BCUT2D eigenvalue weighted by molar-refractivity contribution is 0.0621. The van der Waals surface area contributed by atoms with Crippen LogP contribution in [0.3, 0.4) is 0 Å². The number of hydrogen-bond donors (Lipinski definition) is 2. The first-order valence-electron chi connectivity index (χ1n) is 7.99. The predicted octanol–water partition coefficient (Wildman–Crippen LogP) is 3.59. The van der Waals surface area contributed by atoms with Crippen LogP contribution in [0.1, 0.15) is 67.4 Å². The second-order valence-corrected chi connectivity index (χ2v) is 7.44. The fourth-order valence-electron chi connectivity index (χ4n) is 4.54. The van der Waals surface area contributed by atoms with Crippen molar-refractivity contribution in [3.63, 3.8) is 0 Å². The Balaban J connectivity index is 2.18. The zero-order valence-electron chi connectivity index (χ0n) is 13.1. The van der Waals surface area contributed by atoms with Crippen molar-refractivity contribution in [1.82, 2.24) is 0 Å². The smallest absolute Gasteiger partial charge is 0.252 e. The van der Waals surface area contributed by atoms with Gasteiger partial charge in [-0.1, -0.05) is 33.3 Å². The molecule has 1 saturated carbocycles. The quantitative estimate of drug-likeness (QED) is 0.829. The summed E-state index contributed by atoms with van der Waals surface area (Å²) in [5.41, 5.74) is 8.08. The number of phenols is 1. The molecule has 0 bridgehead atoms. The molecule has 0 aliphatic heterocycles. The lowest BCUT2D eigenvalue weighted by Gasteiger charge is -2.52. The maximum Gasteiger partial charge on any atom is 0.252 e. The molecular weight excluding hydrogens is 262 g/mol. The van der Waals surface area contributed by atoms with E-state index in [2.05, 4.69) is 20.8 Å². The van der Waals surface area contributed by atoms with Crippen molar-refractivity contribution >= 4 is 5.91 Å². The SMILES string of the molecule is CC1CCC2(C)C(C)Cc3ccc(C(N)=O)c(O)c3C2C1. The van der Waals surface area contributed by atoms with Crippen LogP contribution in [-0.4, -0.2) is 11.0 Å². The van der Waals surface area contributed by atoms with Crippen LogP contribution in [0.15, 0.2) is 12.1 Å². The maximum absolute atomic E-state index is 11.5. The van der Waals surface area contributed by atoms with Gasteiger partial charge in [-0.2, -0.15) is 0 Å². The molecule has 4 atom stereocenters. The molecule has 1 fully saturated rings. The Kier molecular flexibility index (Phi) is 3.27. The number of carbonyl (C=O) groups is 1. The molecule has 1 amide bonds. The monoisotopic (exact) mass is 287 g/mol. The van der Waals surface area contributed by atoms with Crippen molar-refractivity contribution in [3.8, 4) is 5.75 Å². The second-order valence-electron chi connectivity index (χ2n) is 7.44. The van der Waals surface area contributed by atoms with Crippen LogP contribution in [0.2, 0.25) is 0 Å². The molecule has 4 unspecified atom stereocenters.